The summed E-state index contributed by atoms with van der Waals surface area (Å²) in [5, 5.41) is 9.22. The summed E-state index contributed by atoms with van der Waals surface area (Å²) in [6.07, 6.45) is 0.771. The number of morpholine rings is 1. The number of aliphatic hydroxyl groups is 1. The Hall–Kier alpha value is -1.37. The molecule has 1 aliphatic heterocycles. The van der Waals surface area contributed by atoms with Gasteiger partial charge in [0, 0.05) is 39.1 Å². The highest BCUT2D eigenvalue weighted by atomic mass is 16.5. The van der Waals surface area contributed by atoms with E-state index >= 15 is 0 Å². The molecule has 0 aliphatic carbocycles. The van der Waals surface area contributed by atoms with Crippen molar-refractivity contribution in [2.45, 2.75) is 20.3 Å². The highest BCUT2D eigenvalue weighted by molar-refractivity contribution is 5.91. The quantitative estimate of drug-likeness (QED) is 0.811. The van der Waals surface area contributed by atoms with Gasteiger partial charge in [-0.1, -0.05) is 6.92 Å². The molecule has 1 amide bonds. The zero-order chi connectivity index (χ0) is 15.9. The standard InChI is InChI=1S/C16H26N2O4/c1-3-14-13(2)12-15(22-14)16(20)18(6-9-19)5-4-17-7-10-21-11-8-17/h12,19H,3-11H2,1-2H3. The molecule has 0 spiro atoms. The second kappa shape index (κ2) is 8.31. The maximum Gasteiger partial charge on any atom is 0.289 e. The zero-order valence-electron chi connectivity index (χ0n) is 13.5. The van der Waals surface area contributed by atoms with Crippen molar-refractivity contribution in [1.82, 2.24) is 9.80 Å². The lowest BCUT2D eigenvalue weighted by Gasteiger charge is -2.29. The molecule has 2 heterocycles. The number of aliphatic hydroxyl groups excluding tert-OH is 1. The average molecular weight is 310 g/mol. The Morgan fingerprint density at radius 2 is 2.09 bits per heavy atom. The van der Waals surface area contributed by atoms with Gasteiger partial charge in [0.15, 0.2) is 5.76 Å². The van der Waals surface area contributed by atoms with Crippen molar-refractivity contribution in [2.75, 3.05) is 52.5 Å². The SMILES string of the molecule is CCc1oc(C(=O)N(CCO)CCN2CCOCC2)cc1C. The Kier molecular flexibility index (Phi) is 6.42. The van der Waals surface area contributed by atoms with Gasteiger partial charge >= 0.3 is 0 Å². The lowest BCUT2D eigenvalue weighted by molar-refractivity contribution is 0.0310. The van der Waals surface area contributed by atoms with E-state index in [9.17, 15) is 9.90 Å². The predicted molar refractivity (Wildman–Crippen MR) is 83.1 cm³/mol. The number of carbonyl (C=O) groups is 1. The van der Waals surface area contributed by atoms with E-state index in [2.05, 4.69) is 4.90 Å². The number of rotatable bonds is 7. The van der Waals surface area contributed by atoms with Crippen molar-refractivity contribution in [1.29, 1.82) is 0 Å². The van der Waals surface area contributed by atoms with Gasteiger partial charge in [0.05, 0.1) is 19.8 Å². The third-order valence-corrected chi connectivity index (χ3v) is 4.00. The fraction of sp³-hybridized carbons (Fsp3) is 0.688. The molecule has 1 aromatic rings. The van der Waals surface area contributed by atoms with Crippen molar-refractivity contribution in [3.8, 4) is 0 Å². The second-order valence-electron chi connectivity index (χ2n) is 5.54. The van der Waals surface area contributed by atoms with Crippen molar-refractivity contribution in [3.63, 3.8) is 0 Å². The first-order valence-corrected chi connectivity index (χ1v) is 7.95. The highest BCUT2D eigenvalue weighted by Crippen LogP contribution is 2.17. The van der Waals surface area contributed by atoms with E-state index in [0.717, 1.165) is 50.6 Å². The van der Waals surface area contributed by atoms with Gasteiger partial charge < -0.3 is 19.2 Å². The summed E-state index contributed by atoms with van der Waals surface area (Å²) >= 11 is 0. The van der Waals surface area contributed by atoms with E-state index in [-0.39, 0.29) is 12.5 Å². The van der Waals surface area contributed by atoms with Crippen LogP contribution in [0.3, 0.4) is 0 Å². The number of ether oxygens (including phenoxy) is 1. The topological polar surface area (TPSA) is 66.2 Å². The molecule has 2 rings (SSSR count). The van der Waals surface area contributed by atoms with Gasteiger partial charge in [-0.3, -0.25) is 9.69 Å². The summed E-state index contributed by atoms with van der Waals surface area (Å²) < 4.78 is 11.0. The van der Waals surface area contributed by atoms with Crippen LogP contribution in [0.1, 0.15) is 28.8 Å². The van der Waals surface area contributed by atoms with E-state index in [4.69, 9.17) is 9.15 Å². The molecule has 1 N–H and O–H groups in total. The number of hydrogen-bond acceptors (Lipinski definition) is 5. The van der Waals surface area contributed by atoms with Crippen LogP contribution in [0.5, 0.6) is 0 Å². The van der Waals surface area contributed by atoms with Crippen molar-refractivity contribution >= 4 is 5.91 Å². The van der Waals surface area contributed by atoms with Gasteiger partial charge in [-0.2, -0.15) is 0 Å². The molecule has 6 heteroatoms. The molecule has 1 aliphatic rings. The molecule has 0 radical (unpaired) electrons. The smallest absolute Gasteiger partial charge is 0.289 e. The third kappa shape index (κ3) is 4.32. The van der Waals surface area contributed by atoms with Crippen LogP contribution in [-0.4, -0.2) is 73.4 Å². The lowest BCUT2D eigenvalue weighted by Crippen LogP contribution is -2.43. The molecule has 1 saturated heterocycles. The van der Waals surface area contributed by atoms with E-state index in [1.807, 2.05) is 13.8 Å². The summed E-state index contributed by atoms with van der Waals surface area (Å²) in [4.78, 5) is 16.5. The molecule has 22 heavy (non-hydrogen) atoms. The van der Waals surface area contributed by atoms with Crippen LogP contribution in [0.4, 0.5) is 0 Å². The van der Waals surface area contributed by atoms with Crippen LogP contribution >= 0.6 is 0 Å². The number of amides is 1. The Labute approximate surface area is 131 Å². The molecule has 0 aromatic carbocycles. The maximum absolute atomic E-state index is 12.6. The molecule has 0 unspecified atom stereocenters. The number of nitrogens with zero attached hydrogens (tertiary/aromatic N) is 2. The number of hydrogen-bond donors (Lipinski definition) is 1. The van der Waals surface area contributed by atoms with Crippen molar-refractivity contribution in [3.05, 3.63) is 23.2 Å². The fourth-order valence-electron chi connectivity index (χ4n) is 2.65. The van der Waals surface area contributed by atoms with Gasteiger partial charge in [0.25, 0.3) is 5.91 Å². The minimum Gasteiger partial charge on any atom is -0.456 e. The van der Waals surface area contributed by atoms with E-state index in [1.54, 1.807) is 11.0 Å². The van der Waals surface area contributed by atoms with Crippen LogP contribution in [0.15, 0.2) is 10.5 Å². The van der Waals surface area contributed by atoms with E-state index in [0.29, 0.717) is 18.8 Å². The van der Waals surface area contributed by atoms with Gasteiger partial charge in [0.1, 0.15) is 5.76 Å². The van der Waals surface area contributed by atoms with Gasteiger partial charge in [0.2, 0.25) is 0 Å². The van der Waals surface area contributed by atoms with Crippen molar-refractivity contribution < 1.29 is 19.1 Å². The van der Waals surface area contributed by atoms with Crippen LogP contribution in [-0.2, 0) is 11.2 Å². The number of furan rings is 1. The van der Waals surface area contributed by atoms with Gasteiger partial charge in [-0.15, -0.1) is 0 Å². The summed E-state index contributed by atoms with van der Waals surface area (Å²) in [7, 11) is 0. The van der Waals surface area contributed by atoms with Gasteiger partial charge in [-0.05, 0) is 18.6 Å². The van der Waals surface area contributed by atoms with Crippen LogP contribution < -0.4 is 0 Å². The van der Waals surface area contributed by atoms with E-state index in [1.165, 1.54) is 0 Å². The summed E-state index contributed by atoms with van der Waals surface area (Å²) in [6.45, 7) is 8.86. The van der Waals surface area contributed by atoms with Crippen LogP contribution in [0.25, 0.3) is 0 Å². The van der Waals surface area contributed by atoms with E-state index < -0.39 is 0 Å². The lowest BCUT2D eigenvalue weighted by atomic mass is 10.2. The molecular formula is C16H26N2O4. The average Bonchev–Trinajstić information content (AvgIpc) is 2.92. The molecular weight excluding hydrogens is 284 g/mol. The predicted octanol–water partition coefficient (Wildman–Crippen LogP) is 0.917. The molecule has 0 saturated carbocycles. The molecule has 0 bridgehead atoms. The number of carbonyl (C=O) groups excluding carboxylic acids is 1. The summed E-state index contributed by atoms with van der Waals surface area (Å²) in [6, 6.07) is 1.79. The first-order chi connectivity index (χ1) is 10.7. The summed E-state index contributed by atoms with van der Waals surface area (Å²) in [5.74, 6) is 1.07. The Bertz CT molecular complexity index is 480. The van der Waals surface area contributed by atoms with Crippen molar-refractivity contribution in [2.24, 2.45) is 0 Å². The normalized spacial score (nSPS) is 16.0. The Morgan fingerprint density at radius 3 is 2.68 bits per heavy atom. The Balaban J connectivity index is 1.97. The minimum absolute atomic E-state index is 0.0465. The summed E-state index contributed by atoms with van der Waals surface area (Å²) in [5.41, 5.74) is 1.00. The maximum atomic E-state index is 12.6. The zero-order valence-corrected chi connectivity index (χ0v) is 13.5. The monoisotopic (exact) mass is 310 g/mol. The molecule has 6 nitrogen and oxygen atoms in total. The Morgan fingerprint density at radius 1 is 1.36 bits per heavy atom. The molecule has 124 valence electrons. The van der Waals surface area contributed by atoms with Gasteiger partial charge in [-0.25, -0.2) is 0 Å². The molecule has 0 atom stereocenters. The first kappa shape index (κ1) is 17.0. The van der Waals surface area contributed by atoms with Crippen LogP contribution in [0, 0.1) is 6.92 Å². The first-order valence-electron chi connectivity index (χ1n) is 7.95. The third-order valence-electron chi connectivity index (χ3n) is 4.00. The minimum atomic E-state index is -0.148. The second-order valence-corrected chi connectivity index (χ2v) is 5.54. The highest BCUT2D eigenvalue weighted by Gasteiger charge is 2.21. The van der Waals surface area contributed by atoms with Crippen LogP contribution in [0.2, 0.25) is 0 Å². The largest absolute Gasteiger partial charge is 0.456 e. The molecule has 1 fully saturated rings. The number of aryl methyl sites for hydroxylation is 2. The fourth-order valence-corrected chi connectivity index (χ4v) is 2.65. The molecule has 1 aromatic heterocycles.